The third-order valence-electron chi connectivity index (χ3n) is 4.26. The molecule has 0 aliphatic carbocycles. The van der Waals surface area contributed by atoms with Crippen molar-refractivity contribution in [1.29, 1.82) is 0 Å². The number of nitrogens with one attached hydrogen (secondary N) is 2. The van der Waals surface area contributed by atoms with Crippen LogP contribution in [0.15, 0.2) is 48.5 Å². The first-order valence-electron chi connectivity index (χ1n) is 9.41. The zero-order valence-corrected chi connectivity index (χ0v) is 16.8. The van der Waals surface area contributed by atoms with Gasteiger partial charge in [-0.15, -0.1) is 0 Å². The fourth-order valence-electron chi connectivity index (χ4n) is 2.75. The quantitative estimate of drug-likeness (QED) is 0.625. The van der Waals surface area contributed by atoms with Crippen molar-refractivity contribution in [2.45, 2.75) is 32.9 Å². The summed E-state index contributed by atoms with van der Waals surface area (Å²) in [5.74, 6) is 0.852. The van der Waals surface area contributed by atoms with Crippen LogP contribution in [0.1, 0.15) is 37.4 Å². The Labute approximate surface area is 162 Å². The lowest BCUT2D eigenvalue weighted by molar-refractivity contribution is -0.114. The van der Waals surface area contributed by atoms with Gasteiger partial charge in [0, 0.05) is 31.7 Å². The van der Waals surface area contributed by atoms with Crippen molar-refractivity contribution in [3.63, 3.8) is 0 Å². The number of ether oxygens (including phenoxy) is 1. The van der Waals surface area contributed by atoms with E-state index in [-0.39, 0.29) is 11.9 Å². The summed E-state index contributed by atoms with van der Waals surface area (Å²) in [6, 6.07) is 16.3. The molecule has 0 radical (unpaired) electrons. The van der Waals surface area contributed by atoms with E-state index in [9.17, 15) is 4.79 Å². The van der Waals surface area contributed by atoms with E-state index in [0.717, 1.165) is 43.1 Å². The molecule has 146 valence electrons. The Morgan fingerprint density at radius 2 is 1.89 bits per heavy atom. The lowest BCUT2D eigenvalue weighted by Gasteiger charge is -2.16. The molecule has 0 aromatic heterocycles. The summed E-state index contributed by atoms with van der Waals surface area (Å²) in [4.78, 5) is 13.4. The predicted molar refractivity (Wildman–Crippen MR) is 111 cm³/mol. The Kier molecular flexibility index (Phi) is 8.30. The van der Waals surface area contributed by atoms with Crippen LogP contribution in [0.2, 0.25) is 0 Å². The average molecular weight is 370 g/mol. The summed E-state index contributed by atoms with van der Waals surface area (Å²) in [5.41, 5.74) is 3.17. The normalized spacial score (nSPS) is 12.0. The van der Waals surface area contributed by atoms with Crippen LogP contribution >= 0.6 is 0 Å². The molecule has 0 saturated carbocycles. The zero-order valence-electron chi connectivity index (χ0n) is 16.8. The van der Waals surface area contributed by atoms with Crippen molar-refractivity contribution < 1.29 is 9.53 Å². The summed E-state index contributed by atoms with van der Waals surface area (Å²) in [5, 5.41) is 6.34. The van der Waals surface area contributed by atoms with E-state index in [1.165, 1.54) is 12.5 Å². The first-order valence-corrected chi connectivity index (χ1v) is 9.41. The molecule has 0 bridgehead atoms. The van der Waals surface area contributed by atoms with Gasteiger partial charge < -0.3 is 20.3 Å². The van der Waals surface area contributed by atoms with Gasteiger partial charge in [0.1, 0.15) is 5.75 Å². The number of amides is 1. The minimum absolute atomic E-state index is 0.0585. The molecule has 1 amide bonds. The second-order valence-corrected chi connectivity index (χ2v) is 7.06. The molecule has 1 atom stereocenters. The van der Waals surface area contributed by atoms with Crippen LogP contribution in [0, 0.1) is 0 Å². The van der Waals surface area contributed by atoms with Gasteiger partial charge >= 0.3 is 0 Å². The van der Waals surface area contributed by atoms with Crippen molar-refractivity contribution in [3.05, 3.63) is 59.7 Å². The van der Waals surface area contributed by atoms with Gasteiger partial charge in [0.15, 0.2) is 0 Å². The van der Waals surface area contributed by atoms with E-state index in [2.05, 4.69) is 54.8 Å². The SMILES string of the molecule is CC(=O)Nc1cccc(C(C)NCc2ccc(OCCCN(C)C)cc2)c1. The number of rotatable bonds is 10. The highest BCUT2D eigenvalue weighted by atomic mass is 16.5. The second-order valence-electron chi connectivity index (χ2n) is 7.06. The fraction of sp³-hybridized carbons (Fsp3) is 0.409. The van der Waals surface area contributed by atoms with E-state index in [0.29, 0.717) is 0 Å². The number of nitrogens with zero attached hydrogens (tertiary/aromatic N) is 1. The predicted octanol–water partition coefficient (Wildman–Crippen LogP) is 3.83. The lowest BCUT2D eigenvalue weighted by atomic mass is 10.1. The molecular formula is C22H31N3O2. The van der Waals surface area contributed by atoms with Crippen LogP contribution in [0.4, 0.5) is 5.69 Å². The molecule has 0 aliphatic rings. The first kappa shape index (κ1) is 20.9. The summed E-state index contributed by atoms with van der Waals surface area (Å²) >= 11 is 0. The molecule has 0 aliphatic heterocycles. The maximum atomic E-state index is 11.2. The third-order valence-corrected chi connectivity index (χ3v) is 4.26. The number of carbonyl (C=O) groups is 1. The Morgan fingerprint density at radius 3 is 2.56 bits per heavy atom. The molecule has 0 fully saturated rings. The molecule has 5 nitrogen and oxygen atoms in total. The minimum Gasteiger partial charge on any atom is -0.494 e. The molecule has 2 rings (SSSR count). The molecule has 2 aromatic carbocycles. The monoisotopic (exact) mass is 369 g/mol. The zero-order chi connectivity index (χ0) is 19.6. The molecule has 0 spiro atoms. The van der Waals surface area contributed by atoms with Crippen LogP contribution in [0.3, 0.4) is 0 Å². The van der Waals surface area contributed by atoms with Gasteiger partial charge in [-0.05, 0) is 62.8 Å². The van der Waals surface area contributed by atoms with Gasteiger partial charge in [0.2, 0.25) is 5.91 Å². The van der Waals surface area contributed by atoms with Gasteiger partial charge in [0.05, 0.1) is 6.61 Å². The summed E-state index contributed by atoms with van der Waals surface area (Å²) in [7, 11) is 4.14. The van der Waals surface area contributed by atoms with Gasteiger partial charge in [-0.3, -0.25) is 4.79 Å². The highest BCUT2D eigenvalue weighted by Crippen LogP contribution is 2.18. The standard InChI is InChI=1S/C22H31N3O2/c1-17(20-7-5-8-21(15-20)24-18(2)26)23-16-19-9-11-22(12-10-19)27-14-6-13-25(3)4/h5,7-12,15,17,23H,6,13-14,16H2,1-4H3,(H,24,26). The molecule has 2 aromatic rings. The molecule has 0 saturated heterocycles. The highest BCUT2D eigenvalue weighted by molar-refractivity contribution is 5.88. The van der Waals surface area contributed by atoms with Crippen molar-refractivity contribution >= 4 is 11.6 Å². The van der Waals surface area contributed by atoms with Gasteiger partial charge in [-0.25, -0.2) is 0 Å². The van der Waals surface area contributed by atoms with Crippen molar-refractivity contribution in [3.8, 4) is 5.75 Å². The van der Waals surface area contributed by atoms with Gasteiger partial charge in [-0.2, -0.15) is 0 Å². The minimum atomic E-state index is -0.0585. The molecule has 0 heterocycles. The fourth-order valence-corrected chi connectivity index (χ4v) is 2.75. The molecule has 5 heteroatoms. The summed E-state index contributed by atoms with van der Waals surface area (Å²) in [6.45, 7) is 6.17. The maximum absolute atomic E-state index is 11.2. The van der Waals surface area contributed by atoms with Crippen LogP contribution in [0.25, 0.3) is 0 Å². The molecule has 27 heavy (non-hydrogen) atoms. The third kappa shape index (κ3) is 7.81. The van der Waals surface area contributed by atoms with E-state index in [1.54, 1.807) is 0 Å². The lowest BCUT2D eigenvalue weighted by Crippen LogP contribution is -2.18. The number of hydrogen-bond donors (Lipinski definition) is 2. The Morgan fingerprint density at radius 1 is 1.15 bits per heavy atom. The van der Waals surface area contributed by atoms with Crippen LogP contribution in [0.5, 0.6) is 5.75 Å². The number of hydrogen-bond acceptors (Lipinski definition) is 4. The van der Waals surface area contributed by atoms with Crippen LogP contribution in [-0.4, -0.2) is 38.1 Å². The van der Waals surface area contributed by atoms with E-state index in [4.69, 9.17) is 4.74 Å². The number of benzene rings is 2. The molecule has 1 unspecified atom stereocenters. The first-order chi connectivity index (χ1) is 12.9. The smallest absolute Gasteiger partial charge is 0.221 e. The Balaban J connectivity index is 1.81. The Hall–Kier alpha value is -2.37. The van der Waals surface area contributed by atoms with Crippen LogP contribution in [-0.2, 0) is 11.3 Å². The van der Waals surface area contributed by atoms with Gasteiger partial charge in [-0.1, -0.05) is 24.3 Å². The molecule has 2 N–H and O–H groups in total. The maximum Gasteiger partial charge on any atom is 0.221 e. The molecular weight excluding hydrogens is 338 g/mol. The Bertz CT molecular complexity index is 714. The van der Waals surface area contributed by atoms with Crippen LogP contribution < -0.4 is 15.4 Å². The van der Waals surface area contributed by atoms with Gasteiger partial charge in [0.25, 0.3) is 0 Å². The number of anilines is 1. The van der Waals surface area contributed by atoms with E-state index in [1.807, 2.05) is 30.3 Å². The van der Waals surface area contributed by atoms with Crippen molar-refractivity contribution in [2.24, 2.45) is 0 Å². The van der Waals surface area contributed by atoms with Crippen molar-refractivity contribution in [2.75, 3.05) is 32.6 Å². The van der Waals surface area contributed by atoms with E-state index < -0.39 is 0 Å². The topological polar surface area (TPSA) is 53.6 Å². The highest BCUT2D eigenvalue weighted by Gasteiger charge is 2.06. The summed E-state index contributed by atoms with van der Waals surface area (Å²) in [6.07, 6.45) is 1.02. The van der Waals surface area contributed by atoms with Crippen molar-refractivity contribution in [1.82, 2.24) is 10.2 Å². The second kappa shape index (κ2) is 10.7. The number of carbonyl (C=O) groups excluding carboxylic acids is 1. The van der Waals surface area contributed by atoms with E-state index >= 15 is 0 Å². The average Bonchev–Trinajstić information content (AvgIpc) is 2.64. The summed E-state index contributed by atoms with van der Waals surface area (Å²) < 4.78 is 5.77. The largest absolute Gasteiger partial charge is 0.494 e.